The third kappa shape index (κ3) is 27.6. The van der Waals surface area contributed by atoms with Crippen LogP contribution in [0.5, 0.6) is 0 Å². The van der Waals surface area contributed by atoms with Crippen molar-refractivity contribution in [2.45, 2.75) is 65.7 Å². The summed E-state index contributed by atoms with van der Waals surface area (Å²) in [7, 11) is 0. The SMILES string of the molecule is CCOCCOCCN(CC)C(=O)CCSCCCCSCCCNC(=O)CCOCCOCCOCCOCCNC(=O)CCN1C(=O)CC(C)C1=O. The summed E-state index contributed by atoms with van der Waals surface area (Å²) in [6, 6.07) is 0. The van der Waals surface area contributed by atoms with Gasteiger partial charge in [0.25, 0.3) is 0 Å². The maximum absolute atomic E-state index is 12.4. The van der Waals surface area contributed by atoms with Crippen molar-refractivity contribution in [3.63, 3.8) is 0 Å². The smallest absolute Gasteiger partial charge is 0.232 e. The van der Waals surface area contributed by atoms with E-state index in [1.54, 1.807) is 6.92 Å². The Morgan fingerprint density at radius 3 is 1.81 bits per heavy atom. The predicted molar refractivity (Wildman–Crippen MR) is 212 cm³/mol. The molecular weight excluding hydrogens is 741 g/mol. The normalized spacial score (nSPS) is 14.2. The van der Waals surface area contributed by atoms with E-state index in [1.165, 1.54) is 0 Å². The first-order chi connectivity index (χ1) is 26.3. The molecule has 1 aliphatic heterocycles. The molecule has 5 amide bonds. The Bertz CT molecular complexity index is 1020. The van der Waals surface area contributed by atoms with Crippen LogP contribution in [-0.2, 0) is 52.4 Å². The van der Waals surface area contributed by atoms with Crippen LogP contribution >= 0.6 is 23.5 Å². The van der Waals surface area contributed by atoms with Gasteiger partial charge in [-0.1, -0.05) is 6.92 Å². The maximum Gasteiger partial charge on any atom is 0.232 e. The van der Waals surface area contributed by atoms with E-state index in [0.29, 0.717) is 118 Å². The number of amides is 5. The summed E-state index contributed by atoms with van der Waals surface area (Å²) in [5.41, 5.74) is 0. The van der Waals surface area contributed by atoms with E-state index in [-0.39, 0.29) is 54.8 Å². The Balaban J connectivity index is 1.77. The lowest BCUT2D eigenvalue weighted by Gasteiger charge is -2.20. The fourth-order valence-corrected chi connectivity index (χ4v) is 6.89. The predicted octanol–water partition coefficient (Wildman–Crippen LogP) is 2.39. The summed E-state index contributed by atoms with van der Waals surface area (Å²) in [6.45, 7) is 13.6. The number of imide groups is 1. The van der Waals surface area contributed by atoms with Gasteiger partial charge in [-0.25, -0.2) is 0 Å². The molecule has 0 spiro atoms. The van der Waals surface area contributed by atoms with Gasteiger partial charge in [0, 0.05) is 76.7 Å². The number of nitrogens with zero attached hydrogens (tertiary/aromatic N) is 2. The van der Waals surface area contributed by atoms with Crippen molar-refractivity contribution >= 4 is 53.1 Å². The number of ether oxygens (including phenoxy) is 6. The third-order valence-electron chi connectivity index (χ3n) is 8.08. The average Bonchev–Trinajstić information content (AvgIpc) is 3.40. The van der Waals surface area contributed by atoms with Gasteiger partial charge in [0.15, 0.2) is 0 Å². The summed E-state index contributed by atoms with van der Waals surface area (Å²) in [5, 5.41) is 5.65. The van der Waals surface area contributed by atoms with Crippen LogP contribution in [0.15, 0.2) is 0 Å². The zero-order valence-electron chi connectivity index (χ0n) is 33.1. The van der Waals surface area contributed by atoms with Crippen LogP contribution in [-0.4, -0.2) is 174 Å². The van der Waals surface area contributed by atoms with Crippen LogP contribution in [0, 0.1) is 5.92 Å². The fourth-order valence-electron chi connectivity index (χ4n) is 4.99. The number of hydrogen-bond donors (Lipinski definition) is 2. The minimum absolute atomic E-state index is 0.00933. The van der Waals surface area contributed by atoms with E-state index in [9.17, 15) is 24.0 Å². The first-order valence-electron chi connectivity index (χ1n) is 19.6. The van der Waals surface area contributed by atoms with Crippen LogP contribution < -0.4 is 10.6 Å². The van der Waals surface area contributed by atoms with Gasteiger partial charge in [0.05, 0.1) is 72.7 Å². The summed E-state index contributed by atoms with van der Waals surface area (Å²) < 4.78 is 32.6. The van der Waals surface area contributed by atoms with Gasteiger partial charge >= 0.3 is 0 Å². The molecule has 17 heteroatoms. The fraction of sp³-hybridized carbons (Fsp3) is 0.865. The van der Waals surface area contributed by atoms with Gasteiger partial charge in [-0.3, -0.25) is 28.9 Å². The van der Waals surface area contributed by atoms with E-state index >= 15 is 0 Å². The molecule has 2 N–H and O–H groups in total. The lowest BCUT2D eigenvalue weighted by molar-refractivity contribution is -0.139. The average molecular weight is 809 g/mol. The number of likely N-dealkylation sites (tertiary alicyclic amines) is 1. The maximum atomic E-state index is 12.4. The minimum atomic E-state index is -0.305. The van der Waals surface area contributed by atoms with Gasteiger partial charge in [-0.2, -0.15) is 23.5 Å². The first kappa shape index (κ1) is 50.0. The quantitative estimate of drug-likeness (QED) is 0.0690. The highest BCUT2D eigenvalue weighted by molar-refractivity contribution is 7.99. The number of nitrogens with one attached hydrogen (secondary N) is 2. The molecule has 0 aromatic rings. The number of likely N-dealkylation sites (N-methyl/N-ethyl adjacent to an activating group) is 1. The highest BCUT2D eigenvalue weighted by Crippen LogP contribution is 2.18. The Labute approximate surface area is 331 Å². The molecule has 1 atom stereocenters. The zero-order valence-corrected chi connectivity index (χ0v) is 34.7. The van der Waals surface area contributed by atoms with Gasteiger partial charge in [-0.05, 0) is 50.4 Å². The van der Waals surface area contributed by atoms with Crippen molar-refractivity contribution in [3.8, 4) is 0 Å². The number of carbonyl (C=O) groups is 5. The van der Waals surface area contributed by atoms with Crippen molar-refractivity contribution in [3.05, 3.63) is 0 Å². The zero-order chi connectivity index (χ0) is 39.5. The molecule has 0 radical (unpaired) electrons. The second-order valence-corrected chi connectivity index (χ2v) is 14.9. The van der Waals surface area contributed by atoms with Crippen molar-refractivity contribution in [2.75, 3.05) is 135 Å². The molecule has 1 rings (SSSR count). The van der Waals surface area contributed by atoms with Gasteiger partial charge < -0.3 is 44.0 Å². The van der Waals surface area contributed by atoms with E-state index in [0.717, 1.165) is 47.2 Å². The number of hydrogen-bond acceptors (Lipinski definition) is 13. The molecular formula is C37H68N4O11S2. The molecule has 1 heterocycles. The molecule has 0 aromatic carbocycles. The monoisotopic (exact) mass is 808 g/mol. The number of thioether (sulfide) groups is 2. The molecule has 0 aliphatic carbocycles. The molecule has 0 aromatic heterocycles. The largest absolute Gasteiger partial charge is 0.379 e. The Kier molecular flexibility index (Phi) is 32.8. The molecule has 0 bridgehead atoms. The number of unbranched alkanes of at least 4 members (excludes halogenated alkanes) is 1. The van der Waals surface area contributed by atoms with Gasteiger partial charge in [0.2, 0.25) is 29.5 Å². The van der Waals surface area contributed by atoms with Gasteiger partial charge in [0.1, 0.15) is 0 Å². The first-order valence-corrected chi connectivity index (χ1v) is 21.9. The molecule has 1 fully saturated rings. The van der Waals surface area contributed by atoms with Crippen LogP contribution in [0.25, 0.3) is 0 Å². The molecule has 1 saturated heterocycles. The van der Waals surface area contributed by atoms with Crippen molar-refractivity contribution in [2.24, 2.45) is 5.92 Å². The summed E-state index contributed by atoms with van der Waals surface area (Å²) >= 11 is 3.76. The lowest BCUT2D eigenvalue weighted by atomic mass is 10.1. The highest BCUT2D eigenvalue weighted by Gasteiger charge is 2.35. The second-order valence-electron chi connectivity index (χ2n) is 12.5. The number of rotatable bonds is 38. The van der Waals surface area contributed by atoms with Crippen LogP contribution in [0.2, 0.25) is 0 Å². The molecule has 314 valence electrons. The third-order valence-corrected chi connectivity index (χ3v) is 10.3. The van der Waals surface area contributed by atoms with E-state index in [1.807, 2.05) is 42.3 Å². The Morgan fingerprint density at radius 1 is 0.667 bits per heavy atom. The number of carbonyl (C=O) groups excluding carboxylic acids is 5. The van der Waals surface area contributed by atoms with Crippen molar-refractivity contribution < 1.29 is 52.4 Å². The molecule has 1 aliphatic rings. The van der Waals surface area contributed by atoms with Crippen LogP contribution in [0.3, 0.4) is 0 Å². The molecule has 1 unspecified atom stereocenters. The standard InChI is InChI=1S/C37H68N4O11S2/c1-4-40(15-18-50-20-19-47-5-2)35(44)11-30-54-28-7-6-27-53-29-8-12-38-34(43)10-16-48-21-23-51-25-26-52-24-22-49-17-13-39-33(42)9-14-41-36(45)31-32(3)37(41)46/h32H,4-31H2,1-3H3,(H,38,43)(H,39,42). The van der Waals surface area contributed by atoms with E-state index in [2.05, 4.69) is 10.6 Å². The molecule has 0 saturated carbocycles. The van der Waals surface area contributed by atoms with Crippen molar-refractivity contribution in [1.29, 1.82) is 0 Å². The molecule has 54 heavy (non-hydrogen) atoms. The Hall–Kier alpha value is -1.99. The topological polar surface area (TPSA) is 171 Å². The summed E-state index contributed by atoms with van der Waals surface area (Å²) in [4.78, 5) is 63.0. The summed E-state index contributed by atoms with van der Waals surface area (Å²) in [6.07, 6.45) is 4.42. The highest BCUT2D eigenvalue weighted by atomic mass is 32.2. The van der Waals surface area contributed by atoms with Gasteiger partial charge in [-0.15, -0.1) is 0 Å². The van der Waals surface area contributed by atoms with Crippen LogP contribution in [0.4, 0.5) is 0 Å². The Morgan fingerprint density at radius 2 is 1.20 bits per heavy atom. The van der Waals surface area contributed by atoms with Crippen molar-refractivity contribution in [1.82, 2.24) is 20.4 Å². The van der Waals surface area contributed by atoms with E-state index in [4.69, 9.17) is 28.4 Å². The summed E-state index contributed by atoms with van der Waals surface area (Å²) in [5.74, 6) is 3.26. The van der Waals surface area contributed by atoms with Crippen LogP contribution in [0.1, 0.15) is 65.7 Å². The second kappa shape index (κ2) is 35.4. The van der Waals surface area contributed by atoms with E-state index < -0.39 is 0 Å². The minimum Gasteiger partial charge on any atom is -0.379 e. The lowest BCUT2D eigenvalue weighted by Crippen LogP contribution is -2.35. The molecule has 15 nitrogen and oxygen atoms in total.